The van der Waals surface area contributed by atoms with E-state index in [1.165, 1.54) is 4.90 Å². The van der Waals surface area contributed by atoms with Gasteiger partial charge >= 0.3 is 6.09 Å². The number of hydrogen-bond donors (Lipinski definition) is 2. The molecule has 3 aromatic rings. The van der Waals surface area contributed by atoms with E-state index < -0.39 is 6.09 Å². The van der Waals surface area contributed by atoms with Gasteiger partial charge in [-0.05, 0) is 40.2 Å². The zero-order valence-corrected chi connectivity index (χ0v) is 15.7. The van der Waals surface area contributed by atoms with Crippen LogP contribution in [0.5, 0.6) is 0 Å². The van der Waals surface area contributed by atoms with Gasteiger partial charge in [-0.3, -0.25) is 4.79 Å². The van der Waals surface area contributed by atoms with Crippen molar-refractivity contribution in [2.24, 2.45) is 0 Å². The molecule has 0 aliphatic carbocycles. The fourth-order valence-electron chi connectivity index (χ4n) is 2.98. The second-order valence-corrected chi connectivity index (χ2v) is 6.89. The molecule has 138 valence electrons. The quantitative estimate of drug-likeness (QED) is 0.482. The van der Waals surface area contributed by atoms with Crippen molar-refractivity contribution >= 4 is 44.8 Å². The van der Waals surface area contributed by atoms with Gasteiger partial charge in [0.1, 0.15) is 15.9 Å². The highest BCUT2D eigenvalue weighted by Crippen LogP contribution is 2.19. The summed E-state index contributed by atoms with van der Waals surface area (Å²) in [6, 6.07) is 6.89. The monoisotopic (exact) mass is 430 g/mol. The first-order chi connectivity index (χ1) is 13.0. The smallest absolute Gasteiger partial charge is 0.407 e. The van der Waals surface area contributed by atoms with Crippen LogP contribution in [0.1, 0.15) is 16.2 Å². The van der Waals surface area contributed by atoms with Crippen molar-refractivity contribution in [3.05, 3.63) is 46.5 Å². The van der Waals surface area contributed by atoms with Crippen LogP contribution in [-0.2, 0) is 0 Å². The number of pyridine rings is 2. The number of fused-ring (bicyclic) bond motifs is 1. The summed E-state index contributed by atoms with van der Waals surface area (Å²) in [4.78, 5) is 42.9. The van der Waals surface area contributed by atoms with Crippen molar-refractivity contribution in [3.8, 4) is 0 Å². The standard InChI is InChI=1S/C17H15BrN6O3/c18-12-9-10(3-4-19-12)14(25)16-20-11-1-2-13(21-15(11)22-16)23-5-7-24(8-6-23)17(26)27/h1-4,9H,5-8H2,(H,26,27)(H,20,21,22). The minimum absolute atomic E-state index is 0.212. The van der Waals surface area contributed by atoms with Gasteiger partial charge in [0.2, 0.25) is 5.78 Å². The molecule has 4 heterocycles. The van der Waals surface area contributed by atoms with Crippen molar-refractivity contribution in [1.29, 1.82) is 0 Å². The first kappa shape index (κ1) is 17.4. The number of anilines is 1. The molecule has 10 heteroatoms. The van der Waals surface area contributed by atoms with Crippen LogP contribution in [0.15, 0.2) is 35.1 Å². The van der Waals surface area contributed by atoms with Gasteiger partial charge in [-0.2, -0.15) is 0 Å². The Morgan fingerprint density at radius 1 is 1.11 bits per heavy atom. The van der Waals surface area contributed by atoms with E-state index in [2.05, 4.69) is 35.9 Å². The molecule has 2 N–H and O–H groups in total. The molecule has 9 nitrogen and oxygen atoms in total. The Kier molecular flexibility index (Phi) is 4.48. The fraction of sp³-hybridized carbons (Fsp3) is 0.235. The predicted octanol–water partition coefficient (Wildman–Crippen LogP) is 2.15. The average Bonchev–Trinajstić information content (AvgIpc) is 3.10. The molecule has 4 rings (SSSR count). The summed E-state index contributed by atoms with van der Waals surface area (Å²) in [6.07, 6.45) is 0.644. The number of aromatic amines is 1. The molecular weight excluding hydrogens is 416 g/mol. The summed E-state index contributed by atoms with van der Waals surface area (Å²) >= 11 is 3.25. The minimum atomic E-state index is -0.905. The van der Waals surface area contributed by atoms with Crippen LogP contribution in [0.4, 0.5) is 10.6 Å². The Labute approximate surface area is 162 Å². The number of imidazole rings is 1. The largest absolute Gasteiger partial charge is 0.465 e. The Morgan fingerprint density at radius 2 is 1.89 bits per heavy atom. The second-order valence-electron chi connectivity index (χ2n) is 6.08. The number of aromatic nitrogens is 4. The van der Waals surface area contributed by atoms with Crippen molar-refractivity contribution in [2.45, 2.75) is 0 Å². The Hall–Kier alpha value is -3.01. The molecule has 0 radical (unpaired) electrons. The number of ketones is 1. The van der Waals surface area contributed by atoms with Crippen molar-refractivity contribution < 1.29 is 14.7 Å². The molecule has 3 aromatic heterocycles. The number of H-pyrrole nitrogens is 1. The number of carboxylic acid groups (broad SMARTS) is 1. The highest BCUT2D eigenvalue weighted by Gasteiger charge is 2.22. The highest BCUT2D eigenvalue weighted by atomic mass is 79.9. The summed E-state index contributed by atoms with van der Waals surface area (Å²) < 4.78 is 0.574. The summed E-state index contributed by atoms with van der Waals surface area (Å²) in [5.41, 5.74) is 1.59. The van der Waals surface area contributed by atoms with Crippen molar-refractivity contribution in [3.63, 3.8) is 0 Å². The fourth-order valence-corrected chi connectivity index (χ4v) is 3.34. The molecule has 1 aliphatic rings. The number of amides is 1. The zero-order chi connectivity index (χ0) is 19.0. The third-order valence-corrected chi connectivity index (χ3v) is 4.84. The predicted molar refractivity (Wildman–Crippen MR) is 101 cm³/mol. The number of nitrogens with one attached hydrogen (secondary N) is 1. The highest BCUT2D eigenvalue weighted by molar-refractivity contribution is 9.10. The lowest BCUT2D eigenvalue weighted by atomic mass is 10.2. The zero-order valence-electron chi connectivity index (χ0n) is 14.1. The van der Waals surface area contributed by atoms with Crippen LogP contribution >= 0.6 is 15.9 Å². The maximum Gasteiger partial charge on any atom is 0.407 e. The van der Waals surface area contributed by atoms with Gasteiger partial charge in [-0.1, -0.05) is 0 Å². The normalized spacial score (nSPS) is 14.6. The number of carbonyl (C=O) groups excluding carboxylic acids is 1. The van der Waals surface area contributed by atoms with Crippen molar-refractivity contribution in [1.82, 2.24) is 24.8 Å². The van der Waals surface area contributed by atoms with Gasteiger partial charge in [0.25, 0.3) is 0 Å². The molecule has 0 saturated carbocycles. The summed E-state index contributed by atoms with van der Waals surface area (Å²) in [6.45, 7) is 1.99. The Morgan fingerprint density at radius 3 is 2.59 bits per heavy atom. The molecule has 0 spiro atoms. The van der Waals surface area contributed by atoms with E-state index in [1.807, 2.05) is 11.0 Å². The van der Waals surface area contributed by atoms with Crippen LogP contribution in [0, 0.1) is 0 Å². The van der Waals surface area contributed by atoms with E-state index in [-0.39, 0.29) is 11.6 Å². The number of hydrogen-bond acceptors (Lipinski definition) is 6. The van der Waals surface area contributed by atoms with Crippen LogP contribution in [-0.4, -0.2) is 68.0 Å². The Bertz CT molecular complexity index is 1030. The summed E-state index contributed by atoms with van der Waals surface area (Å²) in [5.74, 6) is 0.693. The van der Waals surface area contributed by atoms with E-state index in [1.54, 1.807) is 24.4 Å². The molecule has 0 aromatic carbocycles. The van der Waals surface area contributed by atoms with Gasteiger partial charge in [-0.25, -0.2) is 19.7 Å². The second kappa shape index (κ2) is 6.95. The molecule has 1 aliphatic heterocycles. The maximum atomic E-state index is 12.6. The number of halogens is 1. The van der Waals surface area contributed by atoms with Crippen LogP contribution in [0.25, 0.3) is 11.2 Å². The van der Waals surface area contributed by atoms with Gasteiger partial charge < -0.3 is 19.9 Å². The molecule has 0 unspecified atom stereocenters. The molecule has 1 fully saturated rings. The summed E-state index contributed by atoms with van der Waals surface area (Å²) in [5, 5.41) is 9.04. The van der Waals surface area contributed by atoms with Gasteiger partial charge in [0.05, 0.1) is 0 Å². The third kappa shape index (κ3) is 3.47. The molecule has 1 saturated heterocycles. The van der Waals surface area contributed by atoms with Gasteiger partial charge in [-0.15, -0.1) is 0 Å². The molecule has 1 amide bonds. The van der Waals surface area contributed by atoms with Crippen LogP contribution < -0.4 is 4.90 Å². The lowest BCUT2D eigenvalue weighted by Crippen LogP contribution is -2.48. The summed E-state index contributed by atoms with van der Waals surface area (Å²) in [7, 11) is 0. The van der Waals surface area contributed by atoms with E-state index in [9.17, 15) is 9.59 Å². The first-order valence-corrected chi connectivity index (χ1v) is 9.06. The third-order valence-electron chi connectivity index (χ3n) is 4.41. The van der Waals surface area contributed by atoms with Gasteiger partial charge in [0, 0.05) is 37.9 Å². The topological polar surface area (TPSA) is 115 Å². The lowest BCUT2D eigenvalue weighted by molar-refractivity contribution is 0.103. The number of rotatable bonds is 3. The number of carbonyl (C=O) groups is 2. The lowest BCUT2D eigenvalue weighted by Gasteiger charge is -2.33. The van der Waals surface area contributed by atoms with E-state index in [4.69, 9.17) is 5.11 Å². The molecular formula is C17H15BrN6O3. The van der Waals surface area contributed by atoms with E-state index in [0.29, 0.717) is 47.5 Å². The first-order valence-electron chi connectivity index (χ1n) is 8.27. The van der Waals surface area contributed by atoms with Crippen LogP contribution in [0.2, 0.25) is 0 Å². The van der Waals surface area contributed by atoms with E-state index >= 15 is 0 Å². The van der Waals surface area contributed by atoms with E-state index in [0.717, 1.165) is 5.82 Å². The van der Waals surface area contributed by atoms with Gasteiger partial charge in [0.15, 0.2) is 11.5 Å². The Balaban J connectivity index is 1.57. The SMILES string of the molecule is O=C(c1ccnc(Br)c1)c1nc2ccc(N3CCN(C(=O)O)CC3)nc2[nH]1. The van der Waals surface area contributed by atoms with Crippen molar-refractivity contribution in [2.75, 3.05) is 31.1 Å². The average molecular weight is 431 g/mol. The molecule has 0 atom stereocenters. The molecule has 27 heavy (non-hydrogen) atoms. The molecule has 0 bridgehead atoms. The number of piperazine rings is 1. The number of nitrogens with zero attached hydrogens (tertiary/aromatic N) is 5. The van der Waals surface area contributed by atoms with Crippen LogP contribution in [0.3, 0.4) is 0 Å². The maximum absolute atomic E-state index is 12.6. The minimum Gasteiger partial charge on any atom is -0.465 e.